The summed E-state index contributed by atoms with van der Waals surface area (Å²) in [6.45, 7) is 1.23. The highest BCUT2D eigenvalue weighted by Crippen LogP contribution is 2.36. The normalized spacial score (nSPS) is 22.1. The lowest BCUT2D eigenvalue weighted by Gasteiger charge is -2.40. The smallest absolute Gasteiger partial charge is 0.218 e. The Morgan fingerprint density at radius 2 is 1.97 bits per heavy atom. The highest BCUT2D eigenvalue weighted by atomic mass is 32.2. The number of hydrogen-bond donors (Lipinski definition) is 1. The maximum absolute atomic E-state index is 13.2. The first-order valence-electron chi connectivity index (χ1n) is 9.58. The van der Waals surface area contributed by atoms with E-state index in [0.29, 0.717) is 24.2 Å². The van der Waals surface area contributed by atoms with Gasteiger partial charge < -0.3 is 9.88 Å². The van der Waals surface area contributed by atoms with Gasteiger partial charge in [-0.1, -0.05) is 12.1 Å². The quantitative estimate of drug-likeness (QED) is 0.708. The molecule has 0 amide bonds. The molecule has 0 aliphatic carbocycles. The van der Waals surface area contributed by atoms with Crippen molar-refractivity contribution in [2.75, 3.05) is 18.0 Å². The monoisotopic (exact) mass is 408 g/mol. The molecule has 148 valence electrons. The molecule has 29 heavy (non-hydrogen) atoms. The molecular formula is C20H20N6O2S. The van der Waals surface area contributed by atoms with E-state index in [1.807, 2.05) is 12.3 Å². The Hall–Kier alpha value is -2.96. The molecule has 1 N–H and O–H groups in total. The molecule has 9 heteroatoms. The highest BCUT2D eigenvalue weighted by molar-refractivity contribution is 7.88. The molecule has 5 rings (SSSR count). The number of hydrogen-bond acceptors (Lipinski definition) is 6. The molecule has 2 bridgehead atoms. The third kappa shape index (κ3) is 3.14. The Balaban J connectivity index is 1.40. The van der Waals surface area contributed by atoms with E-state index in [9.17, 15) is 8.42 Å². The molecule has 4 heterocycles. The van der Waals surface area contributed by atoms with Crippen molar-refractivity contribution in [3.8, 4) is 6.07 Å². The van der Waals surface area contributed by atoms with Crippen LogP contribution >= 0.6 is 0 Å². The second-order valence-electron chi connectivity index (χ2n) is 7.63. The van der Waals surface area contributed by atoms with Crippen LogP contribution in [0.3, 0.4) is 0 Å². The second-order valence-corrected chi connectivity index (χ2v) is 9.50. The van der Waals surface area contributed by atoms with E-state index in [1.54, 1.807) is 34.9 Å². The summed E-state index contributed by atoms with van der Waals surface area (Å²) in [6, 6.07) is 10.7. The van der Waals surface area contributed by atoms with Gasteiger partial charge >= 0.3 is 0 Å². The predicted octanol–water partition coefficient (Wildman–Crippen LogP) is 2.01. The van der Waals surface area contributed by atoms with Crippen molar-refractivity contribution in [1.82, 2.24) is 19.3 Å². The average Bonchev–Trinajstić information content (AvgIpc) is 3.30. The maximum Gasteiger partial charge on any atom is 0.218 e. The third-order valence-corrected chi connectivity index (χ3v) is 7.71. The van der Waals surface area contributed by atoms with Crippen LogP contribution in [-0.4, -0.2) is 52.8 Å². The van der Waals surface area contributed by atoms with Crippen LogP contribution < -0.4 is 4.90 Å². The second kappa shape index (κ2) is 6.83. The number of piperazine rings is 1. The fourth-order valence-corrected chi connectivity index (χ4v) is 6.62. The number of anilines is 1. The maximum atomic E-state index is 13.2. The van der Waals surface area contributed by atoms with Gasteiger partial charge in [-0.25, -0.2) is 18.4 Å². The fraction of sp³-hybridized carbons (Fsp3) is 0.350. The van der Waals surface area contributed by atoms with Gasteiger partial charge in [0.05, 0.1) is 22.8 Å². The molecule has 2 aromatic heterocycles. The summed E-state index contributed by atoms with van der Waals surface area (Å²) >= 11 is 0. The highest BCUT2D eigenvalue weighted by Gasteiger charge is 2.46. The number of aromatic nitrogens is 3. The summed E-state index contributed by atoms with van der Waals surface area (Å²) in [7, 11) is -3.48. The van der Waals surface area contributed by atoms with E-state index < -0.39 is 10.0 Å². The van der Waals surface area contributed by atoms with Crippen LogP contribution in [0.1, 0.15) is 24.0 Å². The van der Waals surface area contributed by atoms with Crippen LogP contribution in [0.25, 0.3) is 11.0 Å². The van der Waals surface area contributed by atoms with Crippen molar-refractivity contribution >= 4 is 26.9 Å². The molecule has 2 fully saturated rings. The lowest BCUT2D eigenvalue weighted by molar-refractivity contribution is 0.285. The summed E-state index contributed by atoms with van der Waals surface area (Å²) in [4.78, 5) is 14.0. The first-order valence-corrected chi connectivity index (χ1v) is 11.2. The SMILES string of the molecule is N#Cc1cccc(CS(=O)(=O)N2[C@@H]3CC[C@H]2CN(c2ncnc4[nH]ccc24)C3)c1. The molecule has 0 spiro atoms. The molecule has 0 saturated carbocycles. The Kier molecular flexibility index (Phi) is 4.26. The van der Waals surface area contributed by atoms with Gasteiger partial charge in [0.2, 0.25) is 10.0 Å². The first-order chi connectivity index (χ1) is 14.0. The molecule has 2 saturated heterocycles. The van der Waals surface area contributed by atoms with Gasteiger partial charge in [0, 0.05) is 31.4 Å². The van der Waals surface area contributed by atoms with Gasteiger partial charge in [0.1, 0.15) is 17.8 Å². The minimum atomic E-state index is -3.48. The number of nitriles is 1. The lowest BCUT2D eigenvalue weighted by Crippen LogP contribution is -2.56. The van der Waals surface area contributed by atoms with Gasteiger partial charge in [-0.15, -0.1) is 0 Å². The van der Waals surface area contributed by atoms with Crippen LogP contribution in [0.2, 0.25) is 0 Å². The van der Waals surface area contributed by atoms with Gasteiger partial charge in [-0.2, -0.15) is 9.57 Å². The first kappa shape index (κ1) is 18.1. The number of sulfonamides is 1. The Bertz CT molecular complexity index is 1200. The van der Waals surface area contributed by atoms with E-state index in [1.165, 1.54) is 0 Å². The molecule has 2 atom stereocenters. The summed E-state index contributed by atoms with van der Waals surface area (Å²) in [5, 5.41) is 10.0. The van der Waals surface area contributed by atoms with E-state index >= 15 is 0 Å². The summed E-state index contributed by atoms with van der Waals surface area (Å²) in [5.74, 6) is 0.775. The largest absolute Gasteiger partial charge is 0.353 e. The molecule has 2 aliphatic heterocycles. The topological polar surface area (TPSA) is 106 Å². The predicted molar refractivity (Wildman–Crippen MR) is 109 cm³/mol. The lowest BCUT2D eigenvalue weighted by atomic mass is 10.2. The number of fused-ring (bicyclic) bond motifs is 3. The number of nitrogens with zero attached hydrogens (tertiary/aromatic N) is 5. The number of aromatic amines is 1. The van der Waals surface area contributed by atoms with Crippen molar-refractivity contribution in [1.29, 1.82) is 5.26 Å². The average molecular weight is 408 g/mol. The Labute approximate surface area is 168 Å². The third-order valence-electron chi connectivity index (χ3n) is 5.77. The Morgan fingerprint density at radius 3 is 2.72 bits per heavy atom. The molecule has 0 unspecified atom stereocenters. The molecule has 8 nitrogen and oxygen atoms in total. The van der Waals surface area contributed by atoms with Crippen molar-refractivity contribution in [3.05, 3.63) is 54.0 Å². The molecule has 2 aliphatic rings. The molecular weight excluding hydrogens is 388 g/mol. The van der Waals surface area contributed by atoms with Crippen molar-refractivity contribution in [2.24, 2.45) is 0 Å². The van der Waals surface area contributed by atoms with Crippen LogP contribution in [-0.2, 0) is 15.8 Å². The number of H-pyrrole nitrogens is 1. The van der Waals surface area contributed by atoms with E-state index in [-0.39, 0.29) is 17.8 Å². The van der Waals surface area contributed by atoms with Crippen molar-refractivity contribution in [3.63, 3.8) is 0 Å². The summed E-state index contributed by atoms with van der Waals surface area (Å²) in [6.07, 6.45) is 5.08. The van der Waals surface area contributed by atoms with Crippen molar-refractivity contribution < 1.29 is 8.42 Å². The zero-order valence-electron chi connectivity index (χ0n) is 15.7. The van der Waals surface area contributed by atoms with E-state index in [2.05, 4.69) is 25.9 Å². The van der Waals surface area contributed by atoms with Gasteiger partial charge in [-0.3, -0.25) is 0 Å². The number of benzene rings is 1. The van der Waals surface area contributed by atoms with Crippen LogP contribution in [0.4, 0.5) is 5.82 Å². The molecule has 0 radical (unpaired) electrons. The standard InChI is InChI=1S/C20H20N6O2S/c21-9-14-2-1-3-15(8-14)12-29(27,28)26-16-4-5-17(26)11-25(10-16)20-18-6-7-22-19(18)23-13-24-20/h1-3,6-8,13,16-17H,4-5,10-12H2,(H,22,23,24)/t16-,17+. The van der Waals surface area contributed by atoms with Crippen molar-refractivity contribution in [2.45, 2.75) is 30.7 Å². The molecule has 3 aromatic rings. The minimum Gasteiger partial charge on any atom is -0.353 e. The minimum absolute atomic E-state index is 0.0677. The Morgan fingerprint density at radius 1 is 1.17 bits per heavy atom. The number of nitrogens with one attached hydrogen (secondary N) is 1. The summed E-state index contributed by atoms with van der Waals surface area (Å²) in [5.41, 5.74) is 1.91. The zero-order chi connectivity index (χ0) is 20.0. The summed E-state index contributed by atoms with van der Waals surface area (Å²) < 4.78 is 28.2. The fourth-order valence-electron chi connectivity index (χ4n) is 4.62. The van der Waals surface area contributed by atoms with E-state index in [4.69, 9.17) is 5.26 Å². The number of rotatable bonds is 4. The van der Waals surface area contributed by atoms with Gasteiger partial charge in [-0.05, 0) is 36.6 Å². The van der Waals surface area contributed by atoms with Crippen LogP contribution in [0.15, 0.2) is 42.9 Å². The van der Waals surface area contributed by atoms with Gasteiger partial charge in [0.25, 0.3) is 0 Å². The van der Waals surface area contributed by atoms with Gasteiger partial charge in [0.15, 0.2) is 0 Å². The van der Waals surface area contributed by atoms with E-state index in [0.717, 1.165) is 29.7 Å². The zero-order valence-corrected chi connectivity index (χ0v) is 16.5. The van der Waals surface area contributed by atoms with Crippen LogP contribution in [0, 0.1) is 11.3 Å². The molecule has 1 aromatic carbocycles. The van der Waals surface area contributed by atoms with Crippen LogP contribution in [0.5, 0.6) is 0 Å².